The van der Waals surface area contributed by atoms with Gasteiger partial charge in [-0.2, -0.15) is 0 Å². The number of fused-ring (bicyclic) bond motifs is 1. The van der Waals surface area contributed by atoms with Gasteiger partial charge < -0.3 is 23.7 Å². The van der Waals surface area contributed by atoms with Gasteiger partial charge in [0.25, 0.3) is 0 Å². The van der Waals surface area contributed by atoms with E-state index in [1.807, 2.05) is 6.92 Å². The molecule has 9 heteroatoms. The van der Waals surface area contributed by atoms with Crippen molar-refractivity contribution in [3.05, 3.63) is 35.5 Å². The van der Waals surface area contributed by atoms with Crippen LogP contribution in [0.2, 0.25) is 0 Å². The van der Waals surface area contributed by atoms with E-state index in [4.69, 9.17) is 23.7 Å². The van der Waals surface area contributed by atoms with Crippen molar-refractivity contribution in [2.75, 3.05) is 7.11 Å². The van der Waals surface area contributed by atoms with E-state index in [1.165, 1.54) is 14.0 Å². The number of hydrogen-bond acceptors (Lipinski definition) is 9. The largest absolute Gasteiger partial charge is 0.466 e. The first-order valence-corrected chi connectivity index (χ1v) is 10.4. The zero-order valence-corrected chi connectivity index (χ0v) is 18.8. The summed E-state index contributed by atoms with van der Waals surface area (Å²) in [5, 5.41) is 0. The molecule has 0 bridgehead atoms. The molecule has 3 aliphatic rings. The van der Waals surface area contributed by atoms with E-state index < -0.39 is 53.7 Å². The van der Waals surface area contributed by atoms with Gasteiger partial charge in [-0.05, 0) is 39.7 Å². The van der Waals surface area contributed by atoms with Crippen LogP contribution < -0.4 is 0 Å². The Bertz CT molecular complexity index is 914. The highest BCUT2D eigenvalue weighted by molar-refractivity contribution is 5.93. The zero-order valence-electron chi connectivity index (χ0n) is 18.8. The van der Waals surface area contributed by atoms with Gasteiger partial charge in [-0.3, -0.25) is 4.79 Å². The summed E-state index contributed by atoms with van der Waals surface area (Å²) in [5.41, 5.74) is -0.216. The lowest BCUT2D eigenvalue weighted by Crippen LogP contribution is -2.47. The molecule has 2 aliphatic heterocycles. The van der Waals surface area contributed by atoms with Crippen LogP contribution in [-0.2, 0) is 42.9 Å². The van der Waals surface area contributed by atoms with Gasteiger partial charge in [0.1, 0.15) is 6.10 Å². The minimum atomic E-state index is -1.34. The standard InChI is InChI=1S/C23H28O9/c1-11-8-7-9-15(21(26)28-6)18(29-14(4)24)19(31-22(27)23(5)13(3)32-23)17-12(2)20(25)30-16(17)10-11/h9-10,13,16-19H,2,7-8H2,1,3-6H3/b11-10-,15-9+. The van der Waals surface area contributed by atoms with Crippen molar-refractivity contribution in [1.29, 1.82) is 0 Å². The van der Waals surface area contributed by atoms with Crippen LogP contribution in [0.25, 0.3) is 0 Å². The topological polar surface area (TPSA) is 118 Å². The molecule has 1 aliphatic carbocycles. The maximum absolute atomic E-state index is 13.0. The lowest BCUT2D eigenvalue weighted by atomic mass is 9.83. The summed E-state index contributed by atoms with van der Waals surface area (Å²) >= 11 is 0. The lowest BCUT2D eigenvalue weighted by molar-refractivity contribution is -0.173. The lowest BCUT2D eigenvalue weighted by Gasteiger charge is -2.33. The first-order chi connectivity index (χ1) is 15.0. The van der Waals surface area contributed by atoms with Crippen molar-refractivity contribution in [1.82, 2.24) is 0 Å². The van der Waals surface area contributed by atoms with E-state index in [0.717, 1.165) is 5.57 Å². The Labute approximate surface area is 186 Å². The van der Waals surface area contributed by atoms with Crippen molar-refractivity contribution in [2.45, 2.75) is 70.6 Å². The molecule has 0 aromatic carbocycles. The van der Waals surface area contributed by atoms with Crippen LogP contribution in [0.15, 0.2) is 35.5 Å². The van der Waals surface area contributed by atoms with E-state index in [1.54, 1.807) is 26.0 Å². The van der Waals surface area contributed by atoms with Crippen LogP contribution in [0.1, 0.15) is 40.5 Å². The molecule has 32 heavy (non-hydrogen) atoms. The third-order valence-corrected chi connectivity index (χ3v) is 6.07. The maximum Gasteiger partial charge on any atom is 0.341 e. The summed E-state index contributed by atoms with van der Waals surface area (Å²) in [7, 11) is 1.20. The average molecular weight is 448 g/mol. The van der Waals surface area contributed by atoms with Gasteiger partial charge >= 0.3 is 23.9 Å². The van der Waals surface area contributed by atoms with Crippen molar-refractivity contribution < 1.29 is 42.9 Å². The number of methoxy groups -OCH3 is 1. The second kappa shape index (κ2) is 8.90. The molecule has 0 saturated carbocycles. The Morgan fingerprint density at radius 2 is 1.91 bits per heavy atom. The minimum Gasteiger partial charge on any atom is -0.466 e. The Morgan fingerprint density at radius 3 is 2.47 bits per heavy atom. The molecule has 0 radical (unpaired) electrons. The van der Waals surface area contributed by atoms with Crippen molar-refractivity contribution in [2.24, 2.45) is 5.92 Å². The van der Waals surface area contributed by atoms with Crippen LogP contribution >= 0.6 is 0 Å². The number of carbonyl (C=O) groups excluding carboxylic acids is 4. The molecule has 174 valence electrons. The normalized spacial score (nSPS) is 37.6. The molecule has 0 aromatic rings. The van der Waals surface area contributed by atoms with Gasteiger partial charge in [0, 0.05) is 12.5 Å². The second-order valence-electron chi connectivity index (χ2n) is 8.39. The summed E-state index contributed by atoms with van der Waals surface area (Å²) in [6, 6.07) is 0. The molecule has 2 heterocycles. The fourth-order valence-corrected chi connectivity index (χ4v) is 3.98. The number of carbonyl (C=O) groups is 4. The Hall–Kier alpha value is -2.94. The monoisotopic (exact) mass is 448 g/mol. The number of allylic oxidation sites excluding steroid dienone is 2. The summed E-state index contributed by atoms with van der Waals surface area (Å²) in [6.45, 7) is 10.2. The van der Waals surface area contributed by atoms with Crippen molar-refractivity contribution in [3.63, 3.8) is 0 Å². The molecule has 6 atom stereocenters. The Balaban J connectivity index is 2.14. The van der Waals surface area contributed by atoms with Crippen molar-refractivity contribution >= 4 is 23.9 Å². The molecule has 3 rings (SSSR count). The van der Waals surface area contributed by atoms with E-state index >= 15 is 0 Å². The first-order valence-electron chi connectivity index (χ1n) is 10.4. The highest BCUT2D eigenvalue weighted by Crippen LogP contribution is 2.41. The number of hydrogen-bond donors (Lipinski definition) is 0. The second-order valence-corrected chi connectivity index (χ2v) is 8.39. The minimum absolute atomic E-state index is 0.0102. The fraction of sp³-hybridized carbons (Fsp3) is 0.565. The van der Waals surface area contributed by atoms with E-state index in [0.29, 0.717) is 12.8 Å². The van der Waals surface area contributed by atoms with Gasteiger partial charge in [0.05, 0.1) is 24.7 Å². The van der Waals surface area contributed by atoms with Crippen LogP contribution in [0, 0.1) is 5.92 Å². The van der Waals surface area contributed by atoms with Gasteiger partial charge in [0.2, 0.25) is 0 Å². The van der Waals surface area contributed by atoms with Crippen LogP contribution in [0.5, 0.6) is 0 Å². The van der Waals surface area contributed by atoms with Crippen molar-refractivity contribution in [3.8, 4) is 0 Å². The SMILES string of the molecule is C=C1C(=O)OC2/C=C(/C)CC/C=C(/C(=O)OC)C(OC(C)=O)C(OC(=O)C3(C)OC3C)C12. The highest BCUT2D eigenvalue weighted by atomic mass is 16.7. The molecule has 0 aromatic heterocycles. The quantitative estimate of drug-likeness (QED) is 0.209. The number of esters is 4. The smallest absolute Gasteiger partial charge is 0.341 e. The summed E-state index contributed by atoms with van der Waals surface area (Å²) in [5.74, 6) is -3.70. The van der Waals surface area contributed by atoms with Gasteiger partial charge in [0.15, 0.2) is 17.8 Å². The Morgan fingerprint density at radius 1 is 1.25 bits per heavy atom. The van der Waals surface area contributed by atoms with E-state index in [9.17, 15) is 19.2 Å². The average Bonchev–Trinajstić information content (AvgIpc) is 3.25. The third kappa shape index (κ3) is 4.48. The molecular weight excluding hydrogens is 420 g/mol. The van der Waals surface area contributed by atoms with E-state index in [-0.39, 0.29) is 17.3 Å². The van der Waals surface area contributed by atoms with Crippen LogP contribution in [0.4, 0.5) is 0 Å². The predicted octanol–water partition coefficient (Wildman–Crippen LogP) is 1.94. The van der Waals surface area contributed by atoms with E-state index in [2.05, 4.69) is 6.58 Å². The third-order valence-electron chi connectivity index (χ3n) is 6.07. The molecule has 2 saturated heterocycles. The first kappa shape index (κ1) is 23.7. The molecule has 2 fully saturated rings. The predicted molar refractivity (Wildman–Crippen MR) is 110 cm³/mol. The molecule has 6 unspecified atom stereocenters. The molecule has 0 amide bonds. The van der Waals surface area contributed by atoms with Crippen LogP contribution in [-0.4, -0.2) is 61.0 Å². The Kier molecular flexibility index (Phi) is 6.59. The number of rotatable bonds is 4. The highest BCUT2D eigenvalue weighted by Gasteiger charge is 2.59. The van der Waals surface area contributed by atoms with Gasteiger partial charge in [-0.1, -0.05) is 18.2 Å². The summed E-state index contributed by atoms with van der Waals surface area (Å²) in [4.78, 5) is 50.0. The van der Waals surface area contributed by atoms with Gasteiger partial charge in [-0.25, -0.2) is 14.4 Å². The number of ether oxygens (including phenoxy) is 5. The summed E-state index contributed by atoms with van der Waals surface area (Å²) in [6.07, 6.45) is 0.540. The van der Waals surface area contributed by atoms with Gasteiger partial charge in [-0.15, -0.1) is 0 Å². The fourth-order valence-electron chi connectivity index (χ4n) is 3.98. The molecule has 0 N–H and O–H groups in total. The zero-order chi connectivity index (χ0) is 23.8. The molecule has 0 spiro atoms. The summed E-state index contributed by atoms with van der Waals surface area (Å²) < 4.78 is 27.1. The van der Waals surface area contributed by atoms with Crippen LogP contribution in [0.3, 0.4) is 0 Å². The maximum atomic E-state index is 13.0. The number of epoxide rings is 1. The molecule has 9 nitrogen and oxygen atoms in total. The molecular formula is C23H28O9.